The second-order valence-corrected chi connectivity index (χ2v) is 5.13. The fourth-order valence-electron chi connectivity index (χ4n) is 2.49. The molecule has 1 aromatic rings. The van der Waals surface area contributed by atoms with Crippen LogP contribution in [-0.2, 0) is 11.3 Å². The Morgan fingerprint density at radius 3 is 2.95 bits per heavy atom. The SMILES string of the molecule is NCCN1CCCC(NC(=O)OCc2ccccc2)C1. The van der Waals surface area contributed by atoms with Crippen LogP contribution in [0.5, 0.6) is 0 Å². The van der Waals surface area contributed by atoms with E-state index in [0.717, 1.165) is 38.0 Å². The first-order chi connectivity index (χ1) is 9.78. The molecule has 110 valence electrons. The molecule has 1 aromatic carbocycles. The number of carbonyl (C=O) groups is 1. The van der Waals surface area contributed by atoms with Crippen LogP contribution < -0.4 is 11.1 Å². The van der Waals surface area contributed by atoms with E-state index in [4.69, 9.17) is 10.5 Å². The molecule has 0 bridgehead atoms. The van der Waals surface area contributed by atoms with Crippen molar-refractivity contribution >= 4 is 6.09 Å². The highest BCUT2D eigenvalue weighted by Crippen LogP contribution is 2.10. The minimum atomic E-state index is -0.339. The summed E-state index contributed by atoms with van der Waals surface area (Å²) < 4.78 is 5.23. The Balaban J connectivity index is 1.71. The van der Waals surface area contributed by atoms with Gasteiger partial charge in [-0.1, -0.05) is 30.3 Å². The highest BCUT2D eigenvalue weighted by Gasteiger charge is 2.21. The summed E-state index contributed by atoms with van der Waals surface area (Å²) in [4.78, 5) is 14.1. The van der Waals surface area contributed by atoms with Gasteiger partial charge < -0.3 is 20.7 Å². The molecule has 0 saturated carbocycles. The number of hydrogen-bond donors (Lipinski definition) is 2. The number of carbonyl (C=O) groups excluding carboxylic acids is 1. The number of rotatable bonds is 5. The Morgan fingerprint density at radius 1 is 1.40 bits per heavy atom. The van der Waals surface area contributed by atoms with E-state index in [1.165, 1.54) is 0 Å². The Kier molecular flexibility index (Phi) is 5.83. The number of alkyl carbamates (subject to hydrolysis) is 1. The third kappa shape index (κ3) is 4.83. The van der Waals surface area contributed by atoms with E-state index < -0.39 is 0 Å². The highest BCUT2D eigenvalue weighted by atomic mass is 16.5. The second-order valence-electron chi connectivity index (χ2n) is 5.13. The zero-order valence-corrected chi connectivity index (χ0v) is 11.8. The van der Waals surface area contributed by atoms with Crippen molar-refractivity contribution in [2.24, 2.45) is 5.73 Å². The van der Waals surface area contributed by atoms with Gasteiger partial charge in [-0.3, -0.25) is 0 Å². The molecular formula is C15H23N3O2. The first-order valence-electron chi connectivity index (χ1n) is 7.17. The normalized spacial score (nSPS) is 19.6. The fourth-order valence-corrected chi connectivity index (χ4v) is 2.49. The number of ether oxygens (including phenoxy) is 1. The van der Waals surface area contributed by atoms with Gasteiger partial charge in [-0.05, 0) is 24.9 Å². The number of amides is 1. The Labute approximate surface area is 120 Å². The molecule has 0 spiro atoms. The summed E-state index contributed by atoms with van der Waals surface area (Å²) in [5.74, 6) is 0. The van der Waals surface area contributed by atoms with Crippen molar-refractivity contribution in [2.45, 2.75) is 25.5 Å². The standard InChI is InChI=1S/C15H23N3O2/c16-8-10-18-9-4-7-14(11-18)17-15(19)20-12-13-5-2-1-3-6-13/h1-3,5-6,14H,4,7-12,16H2,(H,17,19). The van der Waals surface area contributed by atoms with Gasteiger partial charge in [0.25, 0.3) is 0 Å². The van der Waals surface area contributed by atoms with Crippen molar-refractivity contribution in [3.8, 4) is 0 Å². The molecule has 0 aromatic heterocycles. The fraction of sp³-hybridized carbons (Fsp3) is 0.533. The number of nitrogens with zero attached hydrogens (tertiary/aromatic N) is 1. The van der Waals surface area contributed by atoms with E-state index in [2.05, 4.69) is 10.2 Å². The predicted molar refractivity (Wildman–Crippen MR) is 78.3 cm³/mol. The summed E-state index contributed by atoms with van der Waals surface area (Å²) in [5.41, 5.74) is 6.56. The van der Waals surface area contributed by atoms with E-state index in [0.29, 0.717) is 13.2 Å². The summed E-state index contributed by atoms with van der Waals surface area (Å²) in [6.07, 6.45) is 1.75. The van der Waals surface area contributed by atoms with Crippen LogP contribution >= 0.6 is 0 Å². The molecule has 0 radical (unpaired) electrons. The largest absolute Gasteiger partial charge is 0.445 e. The van der Waals surface area contributed by atoms with Gasteiger partial charge in [0.15, 0.2) is 0 Å². The molecule has 5 nitrogen and oxygen atoms in total. The van der Waals surface area contributed by atoms with Gasteiger partial charge >= 0.3 is 6.09 Å². The van der Waals surface area contributed by atoms with Crippen molar-refractivity contribution in [1.29, 1.82) is 0 Å². The molecule has 1 fully saturated rings. The monoisotopic (exact) mass is 277 g/mol. The lowest BCUT2D eigenvalue weighted by Crippen LogP contribution is -2.48. The van der Waals surface area contributed by atoms with Crippen LogP contribution in [0.25, 0.3) is 0 Å². The van der Waals surface area contributed by atoms with E-state index in [-0.39, 0.29) is 12.1 Å². The van der Waals surface area contributed by atoms with Crippen LogP contribution in [0, 0.1) is 0 Å². The number of piperidine rings is 1. The Hall–Kier alpha value is -1.59. The Morgan fingerprint density at radius 2 is 2.20 bits per heavy atom. The number of likely N-dealkylation sites (tertiary alicyclic amines) is 1. The smallest absolute Gasteiger partial charge is 0.407 e. The first kappa shape index (κ1) is 14.8. The van der Waals surface area contributed by atoms with Crippen LogP contribution in [0.4, 0.5) is 4.79 Å². The van der Waals surface area contributed by atoms with Crippen molar-refractivity contribution in [1.82, 2.24) is 10.2 Å². The number of nitrogens with one attached hydrogen (secondary N) is 1. The third-order valence-electron chi connectivity index (χ3n) is 3.49. The maximum Gasteiger partial charge on any atom is 0.407 e. The summed E-state index contributed by atoms with van der Waals surface area (Å²) in [6, 6.07) is 9.86. The molecule has 20 heavy (non-hydrogen) atoms. The van der Waals surface area contributed by atoms with E-state index >= 15 is 0 Å². The molecule has 1 unspecified atom stereocenters. The summed E-state index contributed by atoms with van der Waals surface area (Å²) in [7, 11) is 0. The van der Waals surface area contributed by atoms with Gasteiger partial charge in [-0.2, -0.15) is 0 Å². The number of benzene rings is 1. The molecule has 1 aliphatic heterocycles. The van der Waals surface area contributed by atoms with Gasteiger partial charge in [0.2, 0.25) is 0 Å². The van der Waals surface area contributed by atoms with E-state index in [1.807, 2.05) is 30.3 Å². The zero-order valence-electron chi connectivity index (χ0n) is 11.8. The quantitative estimate of drug-likeness (QED) is 0.852. The summed E-state index contributed by atoms with van der Waals surface area (Å²) in [6.45, 7) is 3.78. The molecule has 1 atom stereocenters. The van der Waals surface area contributed by atoms with Gasteiger partial charge in [-0.15, -0.1) is 0 Å². The van der Waals surface area contributed by atoms with Gasteiger partial charge in [0, 0.05) is 25.7 Å². The third-order valence-corrected chi connectivity index (χ3v) is 3.49. The molecule has 1 amide bonds. The van der Waals surface area contributed by atoms with Crippen LogP contribution in [0.2, 0.25) is 0 Å². The van der Waals surface area contributed by atoms with Crippen molar-refractivity contribution in [2.75, 3.05) is 26.2 Å². The average molecular weight is 277 g/mol. The molecule has 5 heteroatoms. The van der Waals surface area contributed by atoms with Crippen molar-refractivity contribution < 1.29 is 9.53 Å². The van der Waals surface area contributed by atoms with Crippen LogP contribution in [0.1, 0.15) is 18.4 Å². The van der Waals surface area contributed by atoms with Crippen molar-refractivity contribution in [3.05, 3.63) is 35.9 Å². The van der Waals surface area contributed by atoms with E-state index in [9.17, 15) is 4.79 Å². The van der Waals surface area contributed by atoms with Gasteiger partial charge in [0.05, 0.1) is 0 Å². The highest BCUT2D eigenvalue weighted by molar-refractivity contribution is 5.67. The van der Waals surface area contributed by atoms with Crippen LogP contribution in [-0.4, -0.2) is 43.2 Å². The molecule has 1 aliphatic rings. The zero-order chi connectivity index (χ0) is 14.2. The summed E-state index contributed by atoms with van der Waals surface area (Å²) >= 11 is 0. The minimum Gasteiger partial charge on any atom is -0.445 e. The lowest BCUT2D eigenvalue weighted by Gasteiger charge is -2.32. The molecule has 1 saturated heterocycles. The molecule has 2 rings (SSSR count). The minimum absolute atomic E-state index is 0.165. The Bertz CT molecular complexity index is 409. The van der Waals surface area contributed by atoms with Crippen molar-refractivity contribution in [3.63, 3.8) is 0 Å². The van der Waals surface area contributed by atoms with Crippen LogP contribution in [0.15, 0.2) is 30.3 Å². The van der Waals surface area contributed by atoms with Gasteiger partial charge in [-0.25, -0.2) is 4.79 Å². The maximum atomic E-state index is 11.8. The molecular weight excluding hydrogens is 254 g/mol. The molecule has 1 heterocycles. The molecule has 3 N–H and O–H groups in total. The lowest BCUT2D eigenvalue weighted by molar-refractivity contribution is 0.124. The summed E-state index contributed by atoms with van der Waals surface area (Å²) in [5, 5.41) is 2.93. The number of hydrogen-bond acceptors (Lipinski definition) is 4. The predicted octanol–water partition coefficient (Wildman–Crippen LogP) is 1.34. The lowest BCUT2D eigenvalue weighted by atomic mass is 10.1. The average Bonchev–Trinajstić information content (AvgIpc) is 2.47. The second kappa shape index (κ2) is 7.87. The van der Waals surface area contributed by atoms with Crippen LogP contribution in [0.3, 0.4) is 0 Å². The maximum absolute atomic E-state index is 11.8. The molecule has 0 aliphatic carbocycles. The van der Waals surface area contributed by atoms with E-state index in [1.54, 1.807) is 0 Å². The first-order valence-corrected chi connectivity index (χ1v) is 7.17. The number of nitrogens with two attached hydrogens (primary N) is 1. The topological polar surface area (TPSA) is 67.6 Å². The van der Waals surface area contributed by atoms with Gasteiger partial charge in [0.1, 0.15) is 6.61 Å².